The van der Waals surface area contributed by atoms with Crippen LogP contribution in [-0.2, 0) is 0 Å². The lowest BCUT2D eigenvalue weighted by molar-refractivity contribution is 0.189. The van der Waals surface area contributed by atoms with Crippen molar-refractivity contribution in [3.8, 4) is 0 Å². The maximum absolute atomic E-state index is 12.6. The minimum atomic E-state index is -0.0672. The number of hydrogen-bond donors (Lipinski definition) is 1. The van der Waals surface area contributed by atoms with Crippen molar-refractivity contribution in [2.24, 2.45) is 0 Å². The van der Waals surface area contributed by atoms with Gasteiger partial charge in [-0.3, -0.25) is 4.68 Å². The van der Waals surface area contributed by atoms with E-state index in [9.17, 15) is 4.79 Å². The second-order valence-corrected chi connectivity index (χ2v) is 7.00. The molecule has 6 nitrogen and oxygen atoms in total. The van der Waals surface area contributed by atoms with Crippen LogP contribution in [0.2, 0.25) is 0 Å². The van der Waals surface area contributed by atoms with Crippen molar-refractivity contribution in [1.82, 2.24) is 19.6 Å². The van der Waals surface area contributed by atoms with E-state index in [1.165, 1.54) is 0 Å². The highest BCUT2D eigenvalue weighted by atomic mass is 16.2. The average molecular weight is 331 g/mol. The van der Waals surface area contributed by atoms with Gasteiger partial charge in [-0.2, -0.15) is 5.10 Å². The van der Waals surface area contributed by atoms with Crippen LogP contribution in [0.25, 0.3) is 10.9 Å². The number of benzene rings is 1. The van der Waals surface area contributed by atoms with E-state index in [0.717, 1.165) is 23.1 Å². The molecule has 1 aromatic carbocycles. The lowest BCUT2D eigenvalue weighted by Crippen LogP contribution is -2.43. The number of rotatable bonds is 6. The minimum absolute atomic E-state index is 0.0672. The first-order valence-corrected chi connectivity index (χ1v) is 8.49. The standard InChI is InChI=1S/C18H29N5O/c1-13(2)22(10-9-21(5)6)18(24)19-16-7-8-17-15(11-16)12-23(20-17)14(3)4/h7-8,11-14H,9-10H2,1-6H3,(H,19,24). The number of likely N-dealkylation sites (N-methyl/N-ethyl adjacent to an activating group) is 1. The fourth-order valence-corrected chi connectivity index (χ4v) is 2.48. The van der Waals surface area contributed by atoms with E-state index in [1.54, 1.807) is 0 Å². The highest BCUT2D eigenvalue weighted by molar-refractivity contribution is 5.92. The Morgan fingerprint density at radius 3 is 2.50 bits per heavy atom. The summed E-state index contributed by atoms with van der Waals surface area (Å²) in [6, 6.07) is 6.23. The summed E-state index contributed by atoms with van der Waals surface area (Å²) in [5.41, 5.74) is 1.74. The number of urea groups is 1. The Balaban J connectivity index is 2.13. The fourth-order valence-electron chi connectivity index (χ4n) is 2.48. The predicted molar refractivity (Wildman–Crippen MR) is 99.5 cm³/mol. The van der Waals surface area contributed by atoms with Crippen molar-refractivity contribution in [3.63, 3.8) is 0 Å². The highest BCUT2D eigenvalue weighted by Crippen LogP contribution is 2.20. The molecule has 0 saturated carbocycles. The third-order valence-corrected chi connectivity index (χ3v) is 3.97. The second-order valence-electron chi connectivity index (χ2n) is 7.00. The Morgan fingerprint density at radius 1 is 1.21 bits per heavy atom. The summed E-state index contributed by atoms with van der Waals surface area (Å²) in [4.78, 5) is 16.5. The lowest BCUT2D eigenvalue weighted by Gasteiger charge is -2.28. The third-order valence-electron chi connectivity index (χ3n) is 3.97. The molecule has 0 aliphatic carbocycles. The largest absolute Gasteiger partial charge is 0.322 e. The molecule has 0 radical (unpaired) electrons. The molecule has 1 N–H and O–H groups in total. The van der Waals surface area contributed by atoms with Crippen molar-refractivity contribution in [1.29, 1.82) is 0 Å². The van der Waals surface area contributed by atoms with Crippen molar-refractivity contribution in [3.05, 3.63) is 24.4 Å². The second kappa shape index (κ2) is 7.66. The Labute approximate surface area is 144 Å². The molecular formula is C18H29N5O. The van der Waals surface area contributed by atoms with Gasteiger partial charge in [-0.1, -0.05) is 0 Å². The lowest BCUT2D eigenvalue weighted by atomic mass is 10.2. The molecule has 1 aromatic heterocycles. The summed E-state index contributed by atoms with van der Waals surface area (Å²) in [5.74, 6) is 0. The first-order valence-electron chi connectivity index (χ1n) is 8.49. The Bertz CT molecular complexity index is 690. The van der Waals surface area contributed by atoms with Crippen LogP contribution in [-0.4, -0.2) is 58.8 Å². The van der Waals surface area contributed by atoms with E-state index in [1.807, 2.05) is 61.9 Å². The van der Waals surface area contributed by atoms with Gasteiger partial charge in [0.1, 0.15) is 0 Å². The summed E-state index contributed by atoms with van der Waals surface area (Å²) in [6.07, 6.45) is 2.02. The van der Waals surface area contributed by atoms with Crippen LogP contribution in [0, 0.1) is 0 Å². The van der Waals surface area contributed by atoms with Crippen LogP contribution in [0.15, 0.2) is 24.4 Å². The molecule has 2 aromatic rings. The number of carbonyl (C=O) groups is 1. The van der Waals surface area contributed by atoms with E-state index in [-0.39, 0.29) is 12.1 Å². The van der Waals surface area contributed by atoms with Gasteiger partial charge in [0.25, 0.3) is 0 Å². The number of hydrogen-bond acceptors (Lipinski definition) is 3. The Morgan fingerprint density at radius 2 is 1.92 bits per heavy atom. The molecule has 0 aliphatic rings. The summed E-state index contributed by atoms with van der Waals surface area (Å²) in [5, 5.41) is 8.58. The monoisotopic (exact) mass is 331 g/mol. The molecule has 24 heavy (non-hydrogen) atoms. The van der Waals surface area contributed by atoms with Crippen molar-refractivity contribution in [2.45, 2.75) is 39.8 Å². The number of anilines is 1. The Kier molecular flexibility index (Phi) is 5.83. The number of aromatic nitrogens is 2. The maximum Gasteiger partial charge on any atom is 0.322 e. The van der Waals surface area contributed by atoms with Gasteiger partial charge in [0, 0.05) is 42.4 Å². The zero-order valence-electron chi connectivity index (χ0n) is 15.6. The molecule has 2 rings (SSSR count). The molecular weight excluding hydrogens is 302 g/mol. The van der Waals surface area contributed by atoms with E-state index in [4.69, 9.17) is 0 Å². The summed E-state index contributed by atoms with van der Waals surface area (Å²) in [7, 11) is 4.02. The van der Waals surface area contributed by atoms with E-state index >= 15 is 0 Å². The molecule has 0 bridgehead atoms. The molecule has 2 amide bonds. The van der Waals surface area contributed by atoms with Gasteiger partial charge < -0.3 is 15.1 Å². The smallest absolute Gasteiger partial charge is 0.321 e. The predicted octanol–water partition coefficient (Wildman–Crippen LogP) is 3.42. The number of amides is 2. The van der Waals surface area contributed by atoms with Crippen molar-refractivity contribution >= 4 is 22.6 Å². The first-order chi connectivity index (χ1) is 11.3. The molecule has 0 spiro atoms. The highest BCUT2D eigenvalue weighted by Gasteiger charge is 2.17. The molecule has 0 saturated heterocycles. The number of nitrogens with zero attached hydrogens (tertiary/aromatic N) is 4. The molecule has 0 aliphatic heterocycles. The van der Waals surface area contributed by atoms with Crippen molar-refractivity contribution < 1.29 is 4.79 Å². The van der Waals surface area contributed by atoms with Crippen molar-refractivity contribution in [2.75, 3.05) is 32.5 Å². The van der Waals surface area contributed by atoms with Crippen LogP contribution in [0.5, 0.6) is 0 Å². The van der Waals surface area contributed by atoms with Gasteiger partial charge in [-0.25, -0.2) is 4.79 Å². The number of carbonyl (C=O) groups excluding carboxylic acids is 1. The SMILES string of the molecule is CC(C)N(CCN(C)C)C(=O)Nc1ccc2nn(C(C)C)cc2c1. The van der Waals surface area contributed by atoms with Gasteiger partial charge in [-0.15, -0.1) is 0 Å². The normalized spacial score (nSPS) is 11.7. The van der Waals surface area contributed by atoms with Gasteiger partial charge in [-0.05, 0) is 60.0 Å². The van der Waals surface area contributed by atoms with E-state index < -0.39 is 0 Å². The van der Waals surface area contributed by atoms with Gasteiger partial charge in [0.2, 0.25) is 0 Å². The molecule has 0 unspecified atom stereocenters. The number of nitrogens with one attached hydrogen (secondary N) is 1. The minimum Gasteiger partial charge on any atom is -0.321 e. The van der Waals surface area contributed by atoms with E-state index in [0.29, 0.717) is 12.6 Å². The third kappa shape index (κ3) is 4.47. The first kappa shape index (κ1) is 18.3. The molecule has 0 fully saturated rings. The van der Waals surface area contributed by atoms with Gasteiger partial charge >= 0.3 is 6.03 Å². The average Bonchev–Trinajstić information content (AvgIpc) is 2.90. The topological polar surface area (TPSA) is 53.4 Å². The maximum atomic E-state index is 12.6. The van der Waals surface area contributed by atoms with Crippen LogP contribution in [0.4, 0.5) is 10.5 Å². The van der Waals surface area contributed by atoms with Crippen LogP contribution in [0.1, 0.15) is 33.7 Å². The van der Waals surface area contributed by atoms with E-state index in [2.05, 4.69) is 29.2 Å². The summed E-state index contributed by atoms with van der Waals surface area (Å²) < 4.78 is 1.94. The Hall–Kier alpha value is -2.08. The number of fused-ring (bicyclic) bond motifs is 1. The zero-order valence-corrected chi connectivity index (χ0v) is 15.6. The fraction of sp³-hybridized carbons (Fsp3) is 0.556. The van der Waals surface area contributed by atoms with Crippen LogP contribution >= 0.6 is 0 Å². The molecule has 132 valence electrons. The summed E-state index contributed by atoms with van der Waals surface area (Å²) in [6.45, 7) is 9.80. The quantitative estimate of drug-likeness (QED) is 0.882. The van der Waals surface area contributed by atoms with Crippen LogP contribution < -0.4 is 5.32 Å². The molecule has 0 atom stereocenters. The van der Waals surface area contributed by atoms with Crippen LogP contribution in [0.3, 0.4) is 0 Å². The molecule has 6 heteroatoms. The molecule has 1 heterocycles. The van der Waals surface area contributed by atoms with Gasteiger partial charge in [0.15, 0.2) is 0 Å². The zero-order chi connectivity index (χ0) is 17.9. The summed E-state index contributed by atoms with van der Waals surface area (Å²) >= 11 is 0. The van der Waals surface area contributed by atoms with Gasteiger partial charge in [0.05, 0.1) is 5.52 Å².